The van der Waals surface area contributed by atoms with E-state index in [1.54, 1.807) is 17.5 Å². The molecular weight excluding hydrogens is 339 g/mol. The Morgan fingerprint density at radius 2 is 2.20 bits per heavy atom. The summed E-state index contributed by atoms with van der Waals surface area (Å²) in [7, 11) is 0. The van der Waals surface area contributed by atoms with Crippen molar-refractivity contribution in [2.45, 2.75) is 44.2 Å². The number of rotatable bonds is 2. The lowest BCUT2D eigenvalue weighted by Gasteiger charge is -2.34. The van der Waals surface area contributed by atoms with Gasteiger partial charge in [0, 0.05) is 29.7 Å². The molecule has 2 aliphatic heterocycles. The van der Waals surface area contributed by atoms with E-state index in [2.05, 4.69) is 28.3 Å². The summed E-state index contributed by atoms with van der Waals surface area (Å²) < 4.78 is 17.5. The second-order valence-corrected chi connectivity index (χ2v) is 8.24. The third kappa shape index (κ3) is 2.70. The second-order valence-electron chi connectivity index (χ2n) is 7.63. The van der Waals surface area contributed by atoms with Crippen LogP contribution in [0.4, 0.5) is 10.1 Å². The fraction of sp³-hybridized carbons (Fsp3) is 0.500. The summed E-state index contributed by atoms with van der Waals surface area (Å²) in [5.74, 6) is -0.273. The first-order valence-electron chi connectivity index (χ1n) is 8.54. The van der Waals surface area contributed by atoms with Crippen molar-refractivity contribution in [2.24, 2.45) is 0 Å². The van der Waals surface area contributed by atoms with Crippen molar-refractivity contribution in [1.29, 1.82) is 0 Å². The standard InChI is InChI=1S/C18H21FN4OS/c1-17(2)11-18(12-23(17)14-6-3-5-13(19)9-14)7-4-8-22(18)16(24)15-10-25-21-20-15/h3,5-6,9-10H,4,7-8,11-12H2,1-2H3. The van der Waals surface area contributed by atoms with E-state index >= 15 is 0 Å². The van der Waals surface area contributed by atoms with Crippen LogP contribution in [0.1, 0.15) is 43.6 Å². The predicted octanol–water partition coefficient (Wildman–Crippen LogP) is 3.34. The Morgan fingerprint density at radius 3 is 2.92 bits per heavy atom. The van der Waals surface area contributed by atoms with Gasteiger partial charge in [-0.1, -0.05) is 10.6 Å². The molecule has 0 aliphatic carbocycles. The third-order valence-corrected chi connectivity index (χ3v) is 5.99. The van der Waals surface area contributed by atoms with Gasteiger partial charge in [0.2, 0.25) is 0 Å². The molecule has 132 valence electrons. The van der Waals surface area contributed by atoms with Crippen molar-refractivity contribution in [2.75, 3.05) is 18.0 Å². The van der Waals surface area contributed by atoms with Crippen molar-refractivity contribution in [3.8, 4) is 0 Å². The fourth-order valence-corrected chi connectivity index (χ4v) is 4.98. The molecular formula is C18H21FN4OS. The fourth-order valence-electron chi connectivity index (χ4n) is 4.55. The number of aromatic nitrogens is 2. The molecule has 1 atom stereocenters. The van der Waals surface area contributed by atoms with Crippen LogP contribution in [0.25, 0.3) is 0 Å². The van der Waals surface area contributed by atoms with E-state index in [0.717, 1.165) is 31.5 Å². The molecule has 3 heterocycles. The van der Waals surface area contributed by atoms with Crippen LogP contribution in [-0.2, 0) is 0 Å². The van der Waals surface area contributed by atoms with Crippen LogP contribution in [0.5, 0.6) is 0 Å². The maximum absolute atomic E-state index is 13.7. The first-order valence-corrected chi connectivity index (χ1v) is 9.37. The Hall–Kier alpha value is -2.02. The average Bonchev–Trinajstić information content (AvgIpc) is 3.26. The van der Waals surface area contributed by atoms with E-state index in [-0.39, 0.29) is 22.8 Å². The zero-order valence-electron chi connectivity index (χ0n) is 14.4. The van der Waals surface area contributed by atoms with Crippen molar-refractivity contribution in [3.05, 3.63) is 41.2 Å². The van der Waals surface area contributed by atoms with Gasteiger partial charge in [-0.2, -0.15) is 0 Å². The van der Waals surface area contributed by atoms with E-state index in [9.17, 15) is 9.18 Å². The maximum Gasteiger partial charge on any atom is 0.275 e. The van der Waals surface area contributed by atoms with Gasteiger partial charge in [0.05, 0.1) is 5.54 Å². The van der Waals surface area contributed by atoms with Gasteiger partial charge in [-0.25, -0.2) is 4.39 Å². The van der Waals surface area contributed by atoms with Crippen LogP contribution in [0.3, 0.4) is 0 Å². The molecule has 0 bridgehead atoms. The minimum Gasteiger partial charge on any atom is -0.364 e. The number of carbonyl (C=O) groups excluding carboxylic acids is 1. The number of amides is 1. The van der Waals surface area contributed by atoms with Crippen LogP contribution >= 0.6 is 11.5 Å². The molecule has 1 unspecified atom stereocenters. The molecule has 25 heavy (non-hydrogen) atoms. The molecule has 5 nitrogen and oxygen atoms in total. The molecule has 4 rings (SSSR count). The second kappa shape index (κ2) is 5.76. The number of carbonyl (C=O) groups is 1. The highest BCUT2D eigenvalue weighted by Gasteiger charge is 2.55. The average molecular weight is 360 g/mol. The Labute approximate surface area is 150 Å². The Bertz CT molecular complexity index is 794. The van der Waals surface area contributed by atoms with Gasteiger partial charge >= 0.3 is 0 Å². The highest BCUT2D eigenvalue weighted by molar-refractivity contribution is 7.03. The first-order chi connectivity index (χ1) is 11.9. The highest BCUT2D eigenvalue weighted by Crippen LogP contribution is 2.47. The van der Waals surface area contributed by atoms with E-state index in [1.165, 1.54) is 17.6 Å². The molecule has 1 aromatic heterocycles. The summed E-state index contributed by atoms with van der Waals surface area (Å²) in [5, 5.41) is 5.66. The normalized spacial score (nSPS) is 25.1. The molecule has 2 aliphatic rings. The molecule has 2 aromatic rings. The van der Waals surface area contributed by atoms with Crippen LogP contribution in [0.2, 0.25) is 0 Å². The third-order valence-electron chi connectivity index (χ3n) is 5.49. The lowest BCUT2D eigenvalue weighted by atomic mass is 9.87. The van der Waals surface area contributed by atoms with E-state index in [0.29, 0.717) is 12.2 Å². The smallest absolute Gasteiger partial charge is 0.275 e. The summed E-state index contributed by atoms with van der Waals surface area (Å²) in [4.78, 5) is 17.1. The summed E-state index contributed by atoms with van der Waals surface area (Å²) >= 11 is 1.20. The van der Waals surface area contributed by atoms with Gasteiger partial charge in [-0.3, -0.25) is 4.79 Å². The molecule has 0 N–H and O–H groups in total. The van der Waals surface area contributed by atoms with Crippen LogP contribution in [0.15, 0.2) is 29.6 Å². The molecule has 7 heteroatoms. The summed E-state index contributed by atoms with van der Waals surface area (Å²) in [6.07, 6.45) is 2.81. The Kier molecular flexibility index (Phi) is 3.79. The summed E-state index contributed by atoms with van der Waals surface area (Å²) in [6.45, 7) is 5.78. The van der Waals surface area contributed by atoms with Crippen LogP contribution < -0.4 is 4.90 Å². The van der Waals surface area contributed by atoms with Crippen LogP contribution in [-0.4, -0.2) is 44.6 Å². The van der Waals surface area contributed by atoms with Crippen molar-refractivity contribution >= 4 is 23.1 Å². The number of hydrogen-bond acceptors (Lipinski definition) is 5. The van der Waals surface area contributed by atoms with Crippen molar-refractivity contribution in [3.63, 3.8) is 0 Å². The minimum atomic E-state index is -0.234. The zero-order valence-corrected chi connectivity index (χ0v) is 15.2. The number of anilines is 1. The topological polar surface area (TPSA) is 49.3 Å². The number of hydrogen-bond donors (Lipinski definition) is 0. The molecule has 0 radical (unpaired) electrons. The zero-order chi connectivity index (χ0) is 17.7. The number of likely N-dealkylation sites (tertiary alicyclic amines) is 1. The van der Waals surface area contributed by atoms with E-state index < -0.39 is 0 Å². The number of nitrogens with zero attached hydrogens (tertiary/aromatic N) is 4. The van der Waals surface area contributed by atoms with E-state index in [4.69, 9.17) is 0 Å². The number of benzene rings is 1. The minimum absolute atomic E-state index is 0.0388. The van der Waals surface area contributed by atoms with Crippen LogP contribution in [0, 0.1) is 5.82 Å². The van der Waals surface area contributed by atoms with E-state index in [1.807, 2.05) is 11.0 Å². The number of halogens is 1. The molecule has 1 spiro atoms. The Balaban J connectivity index is 1.67. The Morgan fingerprint density at radius 1 is 1.36 bits per heavy atom. The monoisotopic (exact) mass is 360 g/mol. The molecule has 1 amide bonds. The maximum atomic E-state index is 13.7. The lowest BCUT2D eigenvalue weighted by molar-refractivity contribution is 0.0611. The van der Waals surface area contributed by atoms with Gasteiger partial charge in [-0.05, 0) is 62.8 Å². The summed E-state index contributed by atoms with van der Waals surface area (Å²) in [5.41, 5.74) is 0.915. The molecule has 1 aromatic carbocycles. The molecule has 2 saturated heterocycles. The quantitative estimate of drug-likeness (QED) is 0.824. The highest BCUT2D eigenvalue weighted by atomic mass is 32.1. The first kappa shape index (κ1) is 16.4. The van der Waals surface area contributed by atoms with Crippen molar-refractivity contribution in [1.82, 2.24) is 14.5 Å². The predicted molar refractivity (Wildman–Crippen MR) is 95.4 cm³/mol. The van der Waals surface area contributed by atoms with Gasteiger partial charge < -0.3 is 9.80 Å². The van der Waals surface area contributed by atoms with Gasteiger partial charge in [0.15, 0.2) is 5.69 Å². The largest absolute Gasteiger partial charge is 0.364 e. The van der Waals surface area contributed by atoms with Gasteiger partial charge in [0.25, 0.3) is 5.91 Å². The lowest BCUT2D eigenvalue weighted by Crippen LogP contribution is -2.49. The van der Waals surface area contributed by atoms with Gasteiger partial charge in [0.1, 0.15) is 5.82 Å². The molecule has 2 fully saturated rings. The van der Waals surface area contributed by atoms with Gasteiger partial charge in [-0.15, -0.1) is 5.10 Å². The summed E-state index contributed by atoms with van der Waals surface area (Å²) in [6, 6.07) is 6.72. The molecule has 0 saturated carbocycles. The SMILES string of the molecule is CC1(C)CC2(CCCN2C(=O)c2csnn2)CN1c1cccc(F)c1. The van der Waals surface area contributed by atoms with Crippen molar-refractivity contribution < 1.29 is 9.18 Å².